The van der Waals surface area contributed by atoms with E-state index in [9.17, 15) is 4.79 Å². The Kier molecular flexibility index (Phi) is 6.28. The molecule has 2 unspecified atom stereocenters. The molecule has 0 spiro atoms. The number of ether oxygens (including phenoxy) is 2. The van der Waals surface area contributed by atoms with Gasteiger partial charge in [0.2, 0.25) is 0 Å². The van der Waals surface area contributed by atoms with Crippen molar-refractivity contribution in [3.63, 3.8) is 0 Å². The van der Waals surface area contributed by atoms with Gasteiger partial charge in [0, 0.05) is 26.2 Å². The van der Waals surface area contributed by atoms with Gasteiger partial charge in [0.25, 0.3) is 0 Å². The van der Waals surface area contributed by atoms with Gasteiger partial charge in [0.05, 0.1) is 6.10 Å². The summed E-state index contributed by atoms with van der Waals surface area (Å²) in [6, 6.07) is 0. The average molecular weight is 269 g/mol. The Balaban J connectivity index is 1.54. The topological polar surface area (TPSA) is 61.6 Å². The van der Waals surface area contributed by atoms with Gasteiger partial charge in [-0.05, 0) is 38.0 Å². The van der Waals surface area contributed by atoms with Crippen LogP contribution in [0.2, 0.25) is 0 Å². The first-order valence-corrected chi connectivity index (χ1v) is 7.75. The van der Waals surface area contributed by atoms with Gasteiger partial charge in [0.15, 0.2) is 5.78 Å². The Morgan fingerprint density at radius 3 is 2.58 bits per heavy atom. The molecule has 19 heavy (non-hydrogen) atoms. The van der Waals surface area contributed by atoms with Crippen LogP contribution >= 0.6 is 0 Å². The molecule has 4 nitrogen and oxygen atoms in total. The van der Waals surface area contributed by atoms with E-state index in [0.717, 1.165) is 44.8 Å². The third-order valence-corrected chi connectivity index (χ3v) is 4.36. The zero-order valence-electron chi connectivity index (χ0n) is 11.8. The predicted octanol–water partition coefficient (Wildman–Crippen LogP) is 2.05. The van der Waals surface area contributed by atoms with Crippen LogP contribution in [0.15, 0.2) is 0 Å². The van der Waals surface area contributed by atoms with Gasteiger partial charge in [-0.3, -0.25) is 4.79 Å². The molecule has 110 valence electrons. The minimum absolute atomic E-state index is 0.108. The van der Waals surface area contributed by atoms with Crippen molar-refractivity contribution < 1.29 is 14.3 Å². The number of carbonyl (C=O) groups is 1. The third kappa shape index (κ3) is 4.86. The van der Waals surface area contributed by atoms with Crippen LogP contribution in [-0.4, -0.2) is 37.7 Å². The van der Waals surface area contributed by atoms with Crippen LogP contribution in [0.1, 0.15) is 51.4 Å². The second kappa shape index (κ2) is 7.98. The molecule has 2 aliphatic rings. The molecule has 2 aliphatic heterocycles. The summed E-state index contributed by atoms with van der Waals surface area (Å²) >= 11 is 0. The normalized spacial score (nSPS) is 28.7. The van der Waals surface area contributed by atoms with Crippen molar-refractivity contribution in [1.29, 1.82) is 0 Å². The zero-order valence-corrected chi connectivity index (χ0v) is 11.8. The Morgan fingerprint density at radius 1 is 1.11 bits per heavy atom. The van der Waals surface area contributed by atoms with Crippen LogP contribution in [0, 0.1) is 5.92 Å². The van der Waals surface area contributed by atoms with E-state index in [-0.39, 0.29) is 18.0 Å². The van der Waals surface area contributed by atoms with Gasteiger partial charge in [-0.2, -0.15) is 0 Å². The lowest BCUT2D eigenvalue weighted by Crippen LogP contribution is -2.25. The Morgan fingerprint density at radius 2 is 1.89 bits per heavy atom. The molecule has 0 aromatic rings. The highest BCUT2D eigenvalue weighted by atomic mass is 16.5. The summed E-state index contributed by atoms with van der Waals surface area (Å²) in [5, 5.41) is 0. The van der Waals surface area contributed by atoms with E-state index in [1.807, 2.05) is 0 Å². The van der Waals surface area contributed by atoms with Crippen molar-refractivity contribution in [2.75, 3.05) is 19.8 Å². The van der Waals surface area contributed by atoms with Crippen LogP contribution in [0.3, 0.4) is 0 Å². The van der Waals surface area contributed by atoms with Crippen LogP contribution in [0.4, 0.5) is 0 Å². The number of unbranched alkanes of at least 4 members (excludes halogenated alkanes) is 1. The van der Waals surface area contributed by atoms with Gasteiger partial charge >= 0.3 is 0 Å². The van der Waals surface area contributed by atoms with Crippen LogP contribution in [0.25, 0.3) is 0 Å². The minimum atomic E-state index is -0.170. The molecule has 0 aromatic carbocycles. The van der Waals surface area contributed by atoms with Crippen LogP contribution in [-0.2, 0) is 14.3 Å². The fourth-order valence-electron chi connectivity index (χ4n) is 3.04. The summed E-state index contributed by atoms with van der Waals surface area (Å²) in [4.78, 5) is 12.0. The molecule has 2 N–H and O–H groups in total. The first-order chi connectivity index (χ1) is 9.29. The van der Waals surface area contributed by atoms with Crippen molar-refractivity contribution in [3.8, 4) is 0 Å². The molecule has 2 fully saturated rings. The lowest BCUT2D eigenvalue weighted by Gasteiger charge is -2.21. The molecule has 4 heteroatoms. The molecule has 0 radical (unpaired) electrons. The van der Waals surface area contributed by atoms with Crippen molar-refractivity contribution in [2.24, 2.45) is 11.7 Å². The fourth-order valence-corrected chi connectivity index (χ4v) is 3.04. The predicted molar refractivity (Wildman–Crippen MR) is 74.0 cm³/mol. The number of nitrogens with two attached hydrogens (primary N) is 1. The van der Waals surface area contributed by atoms with Crippen molar-refractivity contribution >= 4 is 5.78 Å². The van der Waals surface area contributed by atoms with Gasteiger partial charge in [-0.1, -0.05) is 12.8 Å². The van der Waals surface area contributed by atoms with Crippen LogP contribution < -0.4 is 5.73 Å². The number of ketones is 1. The van der Waals surface area contributed by atoms with Gasteiger partial charge in [0.1, 0.15) is 6.10 Å². The molecular formula is C15H27NO3. The Bertz CT molecular complexity index is 277. The lowest BCUT2D eigenvalue weighted by atomic mass is 9.93. The number of hydrogen-bond donors (Lipinski definition) is 1. The summed E-state index contributed by atoms with van der Waals surface area (Å²) in [6.07, 6.45) is 8.20. The second-order valence-corrected chi connectivity index (χ2v) is 5.83. The number of carbonyl (C=O) groups excluding carboxylic acids is 1. The smallest absolute Gasteiger partial charge is 0.161 e. The maximum absolute atomic E-state index is 12.0. The SMILES string of the molecule is NCC1CCC(C(=O)CCCCC2CCOCC2)O1. The standard InChI is InChI=1S/C15H27NO3/c16-11-13-5-6-15(19-13)14(17)4-2-1-3-12-7-9-18-10-8-12/h12-13,15H,1-11,16H2. The van der Waals surface area contributed by atoms with Crippen molar-refractivity contribution in [3.05, 3.63) is 0 Å². The third-order valence-electron chi connectivity index (χ3n) is 4.36. The fraction of sp³-hybridized carbons (Fsp3) is 0.933. The van der Waals surface area contributed by atoms with Crippen LogP contribution in [0.5, 0.6) is 0 Å². The highest BCUT2D eigenvalue weighted by Gasteiger charge is 2.29. The Labute approximate surface area is 116 Å². The largest absolute Gasteiger partial charge is 0.381 e. The molecule has 0 aliphatic carbocycles. The molecule has 0 aromatic heterocycles. The minimum Gasteiger partial charge on any atom is -0.381 e. The maximum Gasteiger partial charge on any atom is 0.161 e. The first-order valence-electron chi connectivity index (χ1n) is 7.75. The summed E-state index contributed by atoms with van der Waals surface area (Å²) < 4.78 is 11.0. The zero-order chi connectivity index (χ0) is 13.5. The summed E-state index contributed by atoms with van der Waals surface area (Å²) in [7, 11) is 0. The van der Waals surface area contributed by atoms with E-state index < -0.39 is 0 Å². The number of Topliss-reactive ketones (excluding diaryl/α,β-unsaturated/α-hetero) is 1. The summed E-state index contributed by atoms with van der Waals surface area (Å²) in [6.45, 7) is 2.37. The van der Waals surface area contributed by atoms with E-state index in [0.29, 0.717) is 13.0 Å². The van der Waals surface area contributed by atoms with E-state index in [4.69, 9.17) is 15.2 Å². The summed E-state index contributed by atoms with van der Waals surface area (Å²) in [5.74, 6) is 1.09. The van der Waals surface area contributed by atoms with Crippen molar-refractivity contribution in [1.82, 2.24) is 0 Å². The Hall–Kier alpha value is -0.450. The molecule has 0 amide bonds. The first kappa shape index (κ1) is 14.9. The highest BCUT2D eigenvalue weighted by molar-refractivity contribution is 5.83. The van der Waals surface area contributed by atoms with E-state index in [1.165, 1.54) is 19.3 Å². The van der Waals surface area contributed by atoms with E-state index in [2.05, 4.69) is 0 Å². The molecule has 2 heterocycles. The van der Waals surface area contributed by atoms with E-state index >= 15 is 0 Å². The molecule has 2 saturated heterocycles. The van der Waals surface area contributed by atoms with E-state index in [1.54, 1.807) is 0 Å². The molecule has 0 bridgehead atoms. The number of hydrogen-bond acceptors (Lipinski definition) is 4. The quantitative estimate of drug-likeness (QED) is 0.719. The van der Waals surface area contributed by atoms with Gasteiger partial charge < -0.3 is 15.2 Å². The molecule has 2 atom stereocenters. The monoisotopic (exact) mass is 269 g/mol. The van der Waals surface area contributed by atoms with Gasteiger partial charge in [-0.25, -0.2) is 0 Å². The molecular weight excluding hydrogens is 242 g/mol. The molecule has 0 saturated carbocycles. The summed E-state index contributed by atoms with van der Waals surface area (Å²) in [5.41, 5.74) is 5.55. The second-order valence-electron chi connectivity index (χ2n) is 5.83. The van der Waals surface area contributed by atoms with Crippen molar-refractivity contribution in [2.45, 2.75) is 63.6 Å². The number of rotatable bonds is 7. The molecule has 2 rings (SSSR count). The lowest BCUT2D eigenvalue weighted by molar-refractivity contribution is -0.129. The maximum atomic E-state index is 12.0. The highest BCUT2D eigenvalue weighted by Crippen LogP contribution is 2.23. The van der Waals surface area contributed by atoms with Gasteiger partial charge in [-0.15, -0.1) is 0 Å². The average Bonchev–Trinajstić information content (AvgIpc) is 2.93.